The second-order valence-corrected chi connectivity index (χ2v) is 6.22. The number of hydrogen-bond acceptors (Lipinski definition) is 6. The zero-order chi connectivity index (χ0) is 19.8. The van der Waals surface area contributed by atoms with Crippen molar-refractivity contribution in [3.63, 3.8) is 0 Å². The highest BCUT2D eigenvalue weighted by molar-refractivity contribution is 6.04. The molecule has 4 rings (SSSR count). The highest BCUT2D eigenvalue weighted by Crippen LogP contribution is 2.41. The lowest BCUT2D eigenvalue weighted by atomic mass is 10.1. The maximum Gasteiger partial charge on any atom is 0.341 e. The van der Waals surface area contributed by atoms with Crippen molar-refractivity contribution >= 4 is 34.4 Å². The van der Waals surface area contributed by atoms with E-state index < -0.39 is 28.5 Å². The summed E-state index contributed by atoms with van der Waals surface area (Å²) in [7, 11) is 0. The van der Waals surface area contributed by atoms with Crippen molar-refractivity contribution in [1.29, 1.82) is 0 Å². The Morgan fingerprint density at radius 1 is 1.43 bits per heavy atom. The van der Waals surface area contributed by atoms with Crippen LogP contribution in [0.4, 0.5) is 15.8 Å². The number of ether oxygens (including phenoxy) is 1. The largest absolute Gasteiger partial charge is 0.477 e. The van der Waals surface area contributed by atoms with E-state index in [9.17, 15) is 19.1 Å². The number of nitrogen functional groups attached to an aromatic ring is 1. The van der Waals surface area contributed by atoms with Gasteiger partial charge in [-0.2, -0.15) is 0 Å². The summed E-state index contributed by atoms with van der Waals surface area (Å²) in [4.78, 5) is 27.8. The monoisotopic (exact) mass is 385 g/mol. The molecular formula is C18H16FN5O4. The molecule has 10 heteroatoms. The summed E-state index contributed by atoms with van der Waals surface area (Å²) >= 11 is 0. The summed E-state index contributed by atoms with van der Waals surface area (Å²) < 4.78 is 23.7. The van der Waals surface area contributed by atoms with Crippen LogP contribution in [0, 0.1) is 5.82 Å². The molecule has 1 aromatic carbocycles. The summed E-state index contributed by atoms with van der Waals surface area (Å²) in [6.07, 6.45) is 9.73. The first-order valence-corrected chi connectivity index (χ1v) is 8.45. The van der Waals surface area contributed by atoms with Crippen LogP contribution in [0.5, 0.6) is 5.75 Å². The highest BCUT2D eigenvalue weighted by atomic mass is 19.1. The number of aryl methyl sites for hydroxylation is 1. The SMILES string of the molecule is Nc1c(F)c(NCCCn2ccnc2)c2c3c1c(=O)c(C(=O)O)cn3C=CO2. The smallest absolute Gasteiger partial charge is 0.341 e. The van der Waals surface area contributed by atoms with Gasteiger partial charge in [0.05, 0.1) is 17.4 Å². The molecular weight excluding hydrogens is 369 g/mol. The van der Waals surface area contributed by atoms with E-state index in [1.54, 1.807) is 12.5 Å². The number of nitrogens with one attached hydrogen (secondary N) is 1. The van der Waals surface area contributed by atoms with Gasteiger partial charge in [0, 0.05) is 37.9 Å². The van der Waals surface area contributed by atoms with E-state index in [1.807, 2.05) is 10.8 Å². The van der Waals surface area contributed by atoms with Gasteiger partial charge >= 0.3 is 5.97 Å². The van der Waals surface area contributed by atoms with Crippen molar-refractivity contribution in [3.05, 3.63) is 52.8 Å². The number of nitrogens with zero attached hydrogens (tertiary/aromatic N) is 3. The first kappa shape index (κ1) is 17.6. The van der Waals surface area contributed by atoms with Gasteiger partial charge in [-0.25, -0.2) is 14.2 Å². The zero-order valence-corrected chi connectivity index (χ0v) is 14.6. The van der Waals surface area contributed by atoms with Gasteiger partial charge in [-0.05, 0) is 6.42 Å². The Bertz CT molecular complexity index is 1170. The summed E-state index contributed by atoms with van der Waals surface area (Å²) in [5.74, 6) is -2.19. The van der Waals surface area contributed by atoms with Gasteiger partial charge < -0.3 is 30.0 Å². The number of pyridine rings is 1. The first-order chi connectivity index (χ1) is 13.5. The van der Waals surface area contributed by atoms with E-state index in [4.69, 9.17) is 10.5 Å². The predicted octanol–water partition coefficient (Wildman–Crippen LogP) is 1.94. The molecule has 1 aliphatic rings. The summed E-state index contributed by atoms with van der Waals surface area (Å²) in [5.41, 5.74) is 4.33. The molecule has 28 heavy (non-hydrogen) atoms. The van der Waals surface area contributed by atoms with Gasteiger partial charge in [0.25, 0.3) is 0 Å². The number of anilines is 2. The van der Waals surface area contributed by atoms with Crippen LogP contribution in [0.25, 0.3) is 17.1 Å². The van der Waals surface area contributed by atoms with Gasteiger partial charge in [-0.3, -0.25) is 4.79 Å². The molecule has 0 radical (unpaired) electrons. The second kappa shape index (κ2) is 6.72. The number of carboxylic acid groups (broad SMARTS) is 1. The number of aromatic carboxylic acids is 1. The minimum atomic E-state index is -1.42. The zero-order valence-electron chi connectivity index (χ0n) is 14.6. The van der Waals surface area contributed by atoms with Crippen LogP contribution >= 0.6 is 0 Å². The number of halogens is 1. The molecule has 0 bridgehead atoms. The van der Waals surface area contributed by atoms with Crippen LogP contribution in [0.1, 0.15) is 16.8 Å². The molecule has 3 heterocycles. The molecule has 0 spiro atoms. The Balaban J connectivity index is 1.76. The van der Waals surface area contributed by atoms with Crippen molar-refractivity contribution in [2.75, 3.05) is 17.6 Å². The Kier molecular flexibility index (Phi) is 4.22. The lowest BCUT2D eigenvalue weighted by Crippen LogP contribution is -2.21. The molecule has 0 unspecified atom stereocenters. The minimum Gasteiger partial charge on any atom is -0.477 e. The Labute approximate surface area is 157 Å². The molecule has 0 saturated carbocycles. The maximum atomic E-state index is 14.9. The van der Waals surface area contributed by atoms with E-state index >= 15 is 0 Å². The topological polar surface area (TPSA) is 124 Å². The average Bonchev–Trinajstić information content (AvgIpc) is 3.19. The number of benzene rings is 1. The van der Waals surface area contributed by atoms with Crippen molar-refractivity contribution in [3.8, 4) is 5.75 Å². The molecule has 9 nitrogen and oxygen atoms in total. The van der Waals surface area contributed by atoms with Gasteiger partial charge in [0.15, 0.2) is 11.6 Å². The molecule has 0 fully saturated rings. The molecule has 1 aliphatic heterocycles. The lowest BCUT2D eigenvalue weighted by Gasteiger charge is -2.21. The average molecular weight is 385 g/mol. The van der Waals surface area contributed by atoms with Crippen LogP contribution in [-0.4, -0.2) is 31.7 Å². The van der Waals surface area contributed by atoms with E-state index in [0.717, 1.165) is 6.20 Å². The molecule has 0 amide bonds. The first-order valence-electron chi connectivity index (χ1n) is 8.45. The Hall–Kier alpha value is -3.82. The van der Waals surface area contributed by atoms with E-state index in [-0.39, 0.29) is 22.3 Å². The summed E-state index contributed by atoms with van der Waals surface area (Å²) in [6.45, 7) is 1.10. The van der Waals surface area contributed by atoms with E-state index in [1.165, 1.54) is 17.0 Å². The standard InChI is InChI=1S/C18H16FN5O4/c19-12-13(20)11-15-17(14(12)22-2-1-4-23-5-3-21-9-23)28-7-6-24(15)8-10(16(11)25)18(26)27/h3,5-9,22H,1-2,4,20H2,(H,26,27). The molecule has 144 valence electrons. The van der Waals surface area contributed by atoms with Crippen LogP contribution in [-0.2, 0) is 6.54 Å². The van der Waals surface area contributed by atoms with E-state index in [2.05, 4.69) is 10.3 Å². The number of rotatable bonds is 6. The number of carbonyl (C=O) groups is 1. The number of nitrogens with two attached hydrogens (primary N) is 1. The molecule has 0 atom stereocenters. The fourth-order valence-electron chi connectivity index (χ4n) is 3.18. The predicted molar refractivity (Wildman–Crippen MR) is 101 cm³/mol. The fraction of sp³-hybridized carbons (Fsp3) is 0.167. The van der Waals surface area contributed by atoms with Gasteiger partial charge in [0.2, 0.25) is 5.43 Å². The summed E-state index contributed by atoms with van der Waals surface area (Å²) in [6, 6.07) is 0. The maximum absolute atomic E-state index is 14.9. The van der Waals surface area contributed by atoms with E-state index in [0.29, 0.717) is 19.5 Å². The molecule has 0 aliphatic carbocycles. The van der Waals surface area contributed by atoms with Crippen LogP contribution in [0.2, 0.25) is 0 Å². The van der Waals surface area contributed by atoms with Gasteiger partial charge in [-0.15, -0.1) is 0 Å². The number of hydrogen-bond donors (Lipinski definition) is 3. The van der Waals surface area contributed by atoms with Crippen LogP contribution < -0.4 is 21.2 Å². The third kappa shape index (κ3) is 2.75. The molecule has 2 aromatic heterocycles. The third-order valence-electron chi connectivity index (χ3n) is 4.49. The Morgan fingerprint density at radius 3 is 2.96 bits per heavy atom. The molecule has 3 aromatic rings. The minimum absolute atomic E-state index is 0.0243. The lowest BCUT2D eigenvalue weighted by molar-refractivity contribution is 0.0695. The van der Waals surface area contributed by atoms with Crippen molar-refractivity contribution in [2.45, 2.75) is 13.0 Å². The second-order valence-electron chi connectivity index (χ2n) is 6.22. The Morgan fingerprint density at radius 2 is 2.25 bits per heavy atom. The molecule has 0 saturated heterocycles. The normalized spacial score (nSPS) is 12.2. The quantitative estimate of drug-likeness (QED) is 0.437. The van der Waals surface area contributed by atoms with Crippen LogP contribution in [0.15, 0.2) is 36.0 Å². The van der Waals surface area contributed by atoms with Crippen molar-refractivity contribution in [1.82, 2.24) is 14.1 Å². The fourth-order valence-corrected chi connectivity index (χ4v) is 3.18. The van der Waals surface area contributed by atoms with Crippen molar-refractivity contribution in [2.24, 2.45) is 0 Å². The van der Waals surface area contributed by atoms with Gasteiger partial charge in [0.1, 0.15) is 23.0 Å². The van der Waals surface area contributed by atoms with Crippen LogP contribution in [0.3, 0.4) is 0 Å². The molecule has 4 N–H and O–H groups in total. The van der Waals surface area contributed by atoms with Gasteiger partial charge in [-0.1, -0.05) is 0 Å². The third-order valence-corrected chi connectivity index (χ3v) is 4.49. The highest BCUT2D eigenvalue weighted by Gasteiger charge is 2.27. The number of imidazole rings is 1. The van der Waals surface area contributed by atoms with Crippen molar-refractivity contribution < 1.29 is 19.0 Å². The summed E-state index contributed by atoms with van der Waals surface area (Å²) in [5, 5.41) is 12.0. The number of aromatic nitrogens is 3. The number of carboxylic acids is 1.